The van der Waals surface area contributed by atoms with Crippen molar-refractivity contribution in [1.82, 2.24) is 25.4 Å². The molecule has 0 bridgehead atoms. The number of benzene rings is 1. The first-order valence-electron chi connectivity index (χ1n) is 10.2. The van der Waals surface area contributed by atoms with Gasteiger partial charge in [-0.2, -0.15) is 0 Å². The lowest BCUT2D eigenvalue weighted by Gasteiger charge is -2.23. The maximum atomic E-state index is 5.23. The highest BCUT2D eigenvalue weighted by Gasteiger charge is 2.14. The Morgan fingerprint density at radius 2 is 1.87 bits per heavy atom. The van der Waals surface area contributed by atoms with E-state index < -0.39 is 0 Å². The number of ether oxygens (including phenoxy) is 1. The fourth-order valence-corrected chi connectivity index (χ4v) is 2.78. The van der Waals surface area contributed by atoms with Gasteiger partial charge in [0.05, 0.1) is 20.2 Å². The number of hydrogen-bond acceptors (Lipinski definition) is 4. The molecule has 0 fully saturated rings. The summed E-state index contributed by atoms with van der Waals surface area (Å²) in [6, 6.07) is 8.31. The van der Waals surface area contributed by atoms with Crippen LogP contribution < -0.4 is 15.4 Å². The Bertz CT molecular complexity index is 795. The zero-order chi connectivity index (χ0) is 21.4. The number of halogens is 1. The van der Waals surface area contributed by atoms with Crippen LogP contribution in [0.15, 0.2) is 29.3 Å². The average molecular weight is 528 g/mol. The van der Waals surface area contributed by atoms with E-state index in [9.17, 15) is 0 Å². The molecule has 7 nitrogen and oxygen atoms in total. The van der Waals surface area contributed by atoms with Gasteiger partial charge >= 0.3 is 0 Å². The van der Waals surface area contributed by atoms with Gasteiger partial charge in [-0.05, 0) is 49.8 Å². The van der Waals surface area contributed by atoms with Crippen LogP contribution in [0, 0.1) is 12.3 Å². The predicted octanol–water partition coefficient (Wildman–Crippen LogP) is 4.20. The molecule has 8 heteroatoms. The van der Waals surface area contributed by atoms with Crippen LogP contribution in [-0.4, -0.2) is 33.9 Å². The van der Waals surface area contributed by atoms with Crippen LogP contribution in [0.1, 0.15) is 57.7 Å². The van der Waals surface area contributed by atoms with Crippen LogP contribution in [0.3, 0.4) is 0 Å². The summed E-state index contributed by atoms with van der Waals surface area (Å²) in [6.07, 6.45) is 2.23. The Kier molecular flexibility index (Phi) is 10.6. The molecule has 1 aromatic carbocycles. The van der Waals surface area contributed by atoms with Crippen molar-refractivity contribution in [3.63, 3.8) is 0 Å². The van der Waals surface area contributed by atoms with E-state index in [0.29, 0.717) is 24.5 Å². The van der Waals surface area contributed by atoms with Gasteiger partial charge in [-0.1, -0.05) is 32.9 Å². The Labute approximate surface area is 198 Å². The van der Waals surface area contributed by atoms with E-state index in [0.717, 1.165) is 41.8 Å². The van der Waals surface area contributed by atoms with Gasteiger partial charge in [-0.3, -0.25) is 0 Å². The van der Waals surface area contributed by atoms with Crippen molar-refractivity contribution >= 4 is 29.9 Å². The molecule has 0 radical (unpaired) electrons. The number of methoxy groups -OCH3 is 1. The van der Waals surface area contributed by atoms with E-state index in [1.54, 1.807) is 7.11 Å². The summed E-state index contributed by atoms with van der Waals surface area (Å²) in [6.45, 7) is 12.1. The molecule has 2 aromatic rings. The molecule has 1 unspecified atom stereocenters. The van der Waals surface area contributed by atoms with Gasteiger partial charge in [0.2, 0.25) is 0 Å². The van der Waals surface area contributed by atoms with Crippen LogP contribution >= 0.6 is 24.0 Å². The molecular weight excluding hydrogens is 491 g/mol. The highest BCUT2D eigenvalue weighted by molar-refractivity contribution is 14.0. The largest absolute Gasteiger partial charge is 0.497 e. The number of aromatic nitrogens is 3. The molecule has 1 aromatic heterocycles. The highest BCUT2D eigenvalue weighted by Crippen LogP contribution is 2.21. The van der Waals surface area contributed by atoms with Crippen molar-refractivity contribution in [2.75, 3.05) is 7.11 Å². The summed E-state index contributed by atoms with van der Waals surface area (Å²) in [7, 11) is 3.65. The van der Waals surface area contributed by atoms with Gasteiger partial charge in [0.1, 0.15) is 11.6 Å². The topological polar surface area (TPSA) is 76.4 Å². The van der Waals surface area contributed by atoms with Gasteiger partial charge in [0.25, 0.3) is 0 Å². The van der Waals surface area contributed by atoms with Gasteiger partial charge in [-0.25, -0.2) is 4.99 Å². The maximum Gasteiger partial charge on any atom is 0.192 e. The van der Waals surface area contributed by atoms with Crippen molar-refractivity contribution in [2.45, 2.75) is 66.6 Å². The van der Waals surface area contributed by atoms with E-state index in [1.807, 2.05) is 42.8 Å². The number of guanidine groups is 1. The first-order chi connectivity index (χ1) is 13.7. The van der Waals surface area contributed by atoms with Crippen molar-refractivity contribution in [3.05, 3.63) is 41.5 Å². The number of rotatable bonds is 8. The molecule has 1 atom stereocenters. The molecule has 0 aliphatic heterocycles. The molecule has 2 N–H and O–H groups in total. The van der Waals surface area contributed by atoms with E-state index in [1.165, 1.54) is 0 Å². The minimum Gasteiger partial charge on any atom is -0.497 e. The first-order valence-corrected chi connectivity index (χ1v) is 10.2. The predicted molar refractivity (Wildman–Crippen MR) is 133 cm³/mol. The molecule has 0 aliphatic carbocycles. The summed E-state index contributed by atoms with van der Waals surface area (Å²) in [5.41, 5.74) is 1.45. The van der Waals surface area contributed by atoms with E-state index in [-0.39, 0.29) is 24.0 Å². The van der Waals surface area contributed by atoms with Crippen LogP contribution in [0.5, 0.6) is 5.75 Å². The van der Waals surface area contributed by atoms with Gasteiger partial charge < -0.3 is 19.9 Å². The molecular formula is C22H37IN6O. The second kappa shape index (κ2) is 12.1. The number of aryl methyl sites for hydroxylation is 1. The monoisotopic (exact) mass is 528 g/mol. The number of aliphatic imine (C=N–C) groups is 1. The van der Waals surface area contributed by atoms with Gasteiger partial charge in [-0.15, -0.1) is 34.2 Å². The second-order valence-corrected chi connectivity index (χ2v) is 8.73. The summed E-state index contributed by atoms with van der Waals surface area (Å²) in [4.78, 5) is 4.78. The fourth-order valence-electron chi connectivity index (χ4n) is 2.78. The van der Waals surface area contributed by atoms with E-state index in [2.05, 4.69) is 48.5 Å². The molecule has 168 valence electrons. The molecule has 0 aliphatic rings. The third-order valence-electron chi connectivity index (χ3n) is 4.89. The summed E-state index contributed by atoms with van der Waals surface area (Å²) >= 11 is 0. The van der Waals surface area contributed by atoms with Crippen LogP contribution in [0.2, 0.25) is 0 Å². The normalized spacial score (nSPS) is 12.8. The summed E-state index contributed by atoms with van der Waals surface area (Å²) in [5.74, 6) is 3.40. The zero-order valence-corrected chi connectivity index (χ0v) is 21.7. The van der Waals surface area contributed by atoms with E-state index >= 15 is 0 Å². The lowest BCUT2D eigenvalue weighted by Crippen LogP contribution is -2.42. The van der Waals surface area contributed by atoms with Crippen LogP contribution in [0.25, 0.3) is 0 Å². The Balaban J connectivity index is 0.00000450. The minimum absolute atomic E-state index is 0. The maximum absolute atomic E-state index is 5.23. The van der Waals surface area contributed by atoms with Gasteiger partial charge in [0, 0.05) is 13.1 Å². The number of nitrogens with zero attached hydrogens (tertiary/aromatic N) is 4. The third kappa shape index (κ3) is 8.89. The molecule has 30 heavy (non-hydrogen) atoms. The Hall–Kier alpha value is -1.84. The molecule has 0 spiro atoms. The van der Waals surface area contributed by atoms with E-state index in [4.69, 9.17) is 9.73 Å². The average Bonchev–Trinajstić information content (AvgIpc) is 3.00. The first kappa shape index (κ1) is 26.2. The summed E-state index contributed by atoms with van der Waals surface area (Å²) in [5, 5.41) is 15.3. The van der Waals surface area contributed by atoms with Crippen LogP contribution in [-0.2, 0) is 20.1 Å². The fraction of sp³-hybridized carbons (Fsp3) is 0.591. The lowest BCUT2D eigenvalue weighted by molar-refractivity contribution is 0.346. The van der Waals surface area contributed by atoms with Crippen molar-refractivity contribution in [3.8, 4) is 5.75 Å². The zero-order valence-electron chi connectivity index (χ0n) is 19.3. The third-order valence-corrected chi connectivity index (χ3v) is 4.89. The second-order valence-electron chi connectivity index (χ2n) is 8.73. The standard InChI is InChI=1S/C22H36N6O.HI/c1-16(12-13-22(3,4)5)25-21(24-15-20-27-26-17(2)28(20)6)23-14-18-8-10-19(29-7)11-9-18;/h8-11,16H,12-15H2,1-7H3,(H2,23,24,25);1H. The van der Waals surface area contributed by atoms with Crippen molar-refractivity contribution in [1.29, 1.82) is 0 Å². The van der Waals surface area contributed by atoms with Gasteiger partial charge in [0.15, 0.2) is 11.8 Å². The highest BCUT2D eigenvalue weighted by atomic mass is 127. The number of hydrogen-bond donors (Lipinski definition) is 2. The minimum atomic E-state index is 0. The lowest BCUT2D eigenvalue weighted by atomic mass is 9.89. The number of nitrogens with one attached hydrogen (secondary N) is 2. The quantitative estimate of drug-likeness (QED) is 0.305. The molecule has 0 amide bonds. The van der Waals surface area contributed by atoms with Crippen molar-refractivity contribution < 1.29 is 4.74 Å². The SMILES string of the molecule is COc1ccc(CN=C(NCc2nnc(C)n2C)NC(C)CCC(C)(C)C)cc1.I. The molecule has 1 heterocycles. The summed E-state index contributed by atoms with van der Waals surface area (Å²) < 4.78 is 7.21. The van der Waals surface area contributed by atoms with Crippen molar-refractivity contribution in [2.24, 2.45) is 17.5 Å². The molecule has 0 saturated carbocycles. The molecule has 2 rings (SSSR count). The smallest absolute Gasteiger partial charge is 0.192 e. The Morgan fingerprint density at radius 3 is 2.40 bits per heavy atom. The molecule has 0 saturated heterocycles. The van der Waals surface area contributed by atoms with Crippen LogP contribution in [0.4, 0.5) is 0 Å². The Morgan fingerprint density at radius 1 is 1.20 bits per heavy atom.